The lowest BCUT2D eigenvalue weighted by Gasteiger charge is -2.07. The predicted octanol–water partition coefficient (Wildman–Crippen LogP) is 2.71. The van der Waals surface area contributed by atoms with Gasteiger partial charge in [-0.1, -0.05) is 11.6 Å². The molecule has 0 amide bonds. The average molecular weight is 210 g/mol. The van der Waals surface area contributed by atoms with Crippen LogP contribution in [-0.2, 0) is 0 Å². The maximum atomic E-state index is 5.90. The van der Waals surface area contributed by atoms with Gasteiger partial charge in [0.05, 0.1) is 11.6 Å². The smallest absolute Gasteiger partial charge is 0.138 e. The quantitative estimate of drug-likeness (QED) is 0.470. The van der Waals surface area contributed by atoms with Gasteiger partial charge in [-0.05, 0) is 24.6 Å². The molecule has 0 unspecified atom stereocenters. The summed E-state index contributed by atoms with van der Waals surface area (Å²) in [6, 6.07) is 5.17. The Morgan fingerprint density at radius 2 is 2.29 bits per heavy atom. The molecular formula is C11H12ClNO. The normalized spacial score (nSPS) is 9.43. The Hall–Kier alpha value is -1.33. The van der Waals surface area contributed by atoms with Crippen molar-refractivity contribution in [2.75, 3.05) is 12.3 Å². The van der Waals surface area contributed by atoms with Crippen molar-refractivity contribution >= 4 is 17.3 Å². The van der Waals surface area contributed by atoms with Gasteiger partial charge in [-0.15, -0.1) is 12.3 Å². The van der Waals surface area contributed by atoms with Gasteiger partial charge in [0.1, 0.15) is 5.75 Å². The highest BCUT2D eigenvalue weighted by molar-refractivity contribution is 6.32. The van der Waals surface area contributed by atoms with Gasteiger partial charge >= 0.3 is 0 Å². The molecular weight excluding hydrogens is 198 g/mol. The van der Waals surface area contributed by atoms with E-state index in [4.69, 9.17) is 28.5 Å². The van der Waals surface area contributed by atoms with E-state index in [-0.39, 0.29) is 0 Å². The van der Waals surface area contributed by atoms with Crippen LogP contribution in [-0.4, -0.2) is 6.61 Å². The molecule has 1 aromatic rings. The van der Waals surface area contributed by atoms with Gasteiger partial charge in [-0.2, -0.15) is 0 Å². The fourth-order valence-corrected chi connectivity index (χ4v) is 1.23. The molecule has 0 saturated heterocycles. The van der Waals surface area contributed by atoms with Crippen molar-refractivity contribution in [2.45, 2.75) is 12.8 Å². The summed E-state index contributed by atoms with van der Waals surface area (Å²) in [5, 5.41) is 0.533. The van der Waals surface area contributed by atoms with Crippen molar-refractivity contribution in [2.24, 2.45) is 0 Å². The van der Waals surface area contributed by atoms with Crippen LogP contribution in [0, 0.1) is 12.3 Å². The number of nitrogens with two attached hydrogens (primary N) is 1. The Morgan fingerprint density at radius 1 is 1.50 bits per heavy atom. The first-order chi connectivity index (χ1) is 6.74. The third-order valence-corrected chi connectivity index (χ3v) is 1.97. The molecule has 0 atom stereocenters. The highest BCUT2D eigenvalue weighted by Gasteiger charge is 2.00. The van der Waals surface area contributed by atoms with Gasteiger partial charge < -0.3 is 10.5 Å². The van der Waals surface area contributed by atoms with E-state index >= 15 is 0 Å². The Bertz CT molecular complexity index is 344. The minimum absolute atomic E-state index is 0.533. The molecule has 2 N–H and O–H groups in total. The number of hydrogen-bond acceptors (Lipinski definition) is 2. The van der Waals surface area contributed by atoms with Crippen molar-refractivity contribution in [1.82, 2.24) is 0 Å². The average Bonchev–Trinajstić information content (AvgIpc) is 2.15. The van der Waals surface area contributed by atoms with Crippen LogP contribution in [0.1, 0.15) is 12.8 Å². The lowest BCUT2D eigenvalue weighted by Crippen LogP contribution is -1.97. The van der Waals surface area contributed by atoms with Crippen LogP contribution in [0.5, 0.6) is 5.75 Å². The SMILES string of the molecule is C#CCCCOc1ccc(N)cc1Cl. The summed E-state index contributed by atoms with van der Waals surface area (Å²) >= 11 is 5.90. The summed E-state index contributed by atoms with van der Waals surface area (Å²) in [6.07, 6.45) is 6.66. The highest BCUT2D eigenvalue weighted by atomic mass is 35.5. The number of anilines is 1. The van der Waals surface area contributed by atoms with Gasteiger partial charge in [-0.3, -0.25) is 0 Å². The van der Waals surface area contributed by atoms with Gasteiger partial charge in [0, 0.05) is 12.1 Å². The standard InChI is InChI=1S/C11H12ClNO/c1-2-3-4-7-14-11-6-5-9(13)8-10(11)12/h1,5-6,8H,3-4,7,13H2. The molecule has 0 fully saturated rings. The Kier molecular flexibility index (Phi) is 4.15. The summed E-state index contributed by atoms with van der Waals surface area (Å²) in [5.74, 6) is 3.20. The molecule has 1 rings (SSSR count). The summed E-state index contributed by atoms with van der Waals surface area (Å²) in [5.41, 5.74) is 6.17. The van der Waals surface area contributed by atoms with E-state index in [1.807, 2.05) is 0 Å². The van der Waals surface area contributed by atoms with E-state index in [0.717, 1.165) is 6.42 Å². The molecule has 0 aliphatic rings. The minimum atomic E-state index is 0.533. The maximum Gasteiger partial charge on any atom is 0.138 e. The van der Waals surface area contributed by atoms with Crippen LogP contribution in [0.25, 0.3) is 0 Å². The topological polar surface area (TPSA) is 35.2 Å². The molecule has 0 aliphatic carbocycles. The Balaban J connectivity index is 2.47. The zero-order chi connectivity index (χ0) is 10.4. The number of unbranched alkanes of at least 4 members (excludes halogenated alkanes) is 1. The molecule has 2 nitrogen and oxygen atoms in total. The van der Waals surface area contributed by atoms with E-state index in [1.165, 1.54) is 0 Å². The van der Waals surface area contributed by atoms with E-state index in [1.54, 1.807) is 18.2 Å². The van der Waals surface area contributed by atoms with Crippen molar-refractivity contribution in [3.63, 3.8) is 0 Å². The fourth-order valence-electron chi connectivity index (χ4n) is 0.991. The molecule has 0 heterocycles. The molecule has 0 spiro atoms. The fraction of sp³-hybridized carbons (Fsp3) is 0.273. The zero-order valence-electron chi connectivity index (χ0n) is 7.79. The van der Waals surface area contributed by atoms with Crippen molar-refractivity contribution < 1.29 is 4.74 Å². The van der Waals surface area contributed by atoms with Crippen LogP contribution in [0.2, 0.25) is 5.02 Å². The monoisotopic (exact) mass is 209 g/mol. The number of hydrogen-bond donors (Lipinski definition) is 1. The number of benzene rings is 1. The summed E-state index contributed by atoms with van der Waals surface area (Å²) in [4.78, 5) is 0. The molecule has 0 saturated carbocycles. The van der Waals surface area contributed by atoms with Crippen molar-refractivity contribution in [3.8, 4) is 18.1 Å². The zero-order valence-corrected chi connectivity index (χ0v) is 8.55. The molecule has 1 aromatic carbocycles. The van der Waals surface area contributed by atoms with Gasteiger partial charge in [0.25, 0.3) is 0 Å². The van der Waals surface area contributed by atoms with Gasteiger partial charge in [-0.25, -0.2) is 0 Å². The molecule has 74 valence electrons. The predicted molar refractivity (Wildman–Crippen MR) is 59.4 cm³/mol. The third kappa shape index (κ3) is 3.20. The number of terminal acetylenes is 1. The lowest BCUT2D eigenvalue weighted by molar-refractivity contribution is 0.313. The number of rotatable bonds is 4. The minimum Gasteiger partial charge on any atom is -0.492 e. The molecule has 3 heteroatoms. The van der Waals surface area contributed by atoms with Crippen molar-refractivity contribution in [3.05, 3.63) is 23.2 Å². The summed E-state index contributed by atoms with van der Waals surface area (Å²) in [6.45, 7) is 0.577. The van der Waals surface area contributed by atoms with Crippen LogP contribution >= 0.6 is 11.6 Å². The maximum absolute atomic E-state index is 5.90. The number of nitrogen functional groups attached to an aromatic ring is 1. The summed E-state index contributed by atoms with van der Waals surface area (Å²) in [7, 11) is 0. The van der Waals surface area contributed by atoms with E-state index < -0.39 is 0 Å². The van der Waals surface area contributed by atoms with Crippen LogP contribution < -0.4 is 10.5 Å². The molecule has 0 aliphatic heterocycles. The molecule has 0 radical (unpaired) electrons. The van der Waals surface area contributed by atoms with Crippen LogP contribution in [0.4, 0.5) is 5.69 Å². The molecule has 0 aromatic heterocycles. The second kappa shape index (κ2) is 5.41. The lowest BCUT2D eigenvalue weighted by atomic mass is 10.3. The van der Waals surface area contributed by atoms with E-state index in [2.05, 4.69) is 5.92 Å². The van der Waals surface area contributed by atoms with Crippen LogP contribution in [0.3, 0.4) is 0 Å². The second-order valence-corrected chi connectivity index (χ2v) is 3.25. The van der Waals surface area contributed by atoms with Gasteiger partial charge in [0.2, 0.25) is 0 Å². The van der Waals surface area contributed by atoms with Crippen molar-refractivity contribution in [1.29, 1.82) is 0 Å². The van der Waals surface area contributed by atoms with Crippen LogP contribution in [0.15, 0.2) is 18.2 Å². The van der Waals surface area contributed by atoms with E-state index in [9.17, 15) is 0 Å². The first kappa shape index (κ1) is 10.7. The van der Waals surface area contributed by atoms with E-state index in [0.29, 0.717) is 29.5 Å². The first-order valence-corrected chi connectivity index (χ1v) is 4.73. The Labute approximate surface area is 89.0 Å². The number of ether oxygens (including phenoxy) is 1. The largest absolute Gasteiger partial charge is 0.492 e. The second-order valence-electron chi connectivity index (χ2n) is 2.85. The first-order valence-electron chi connectivity index (χ1n) is 4.35. The summed E-state index contributed by atoms with van der Waals surface area (Å²) < 4.78 is 5.41. The third-order valence-electron chi connectivity index (χ3n) is 1.68. The molecule has 14 heavy (non-hydrogen) atoms. The highest BCUT2D eigenvalue weighted by Crippen LogP contribution is 2.26. The molecule has 0 bridgehead atoms. The Morgan fingerprint density at radius 3 is 2.93 bits per heavy atom. The van der Waals surface area contributed by atoms with Gasteiger partial charge in [0.15, 0.2) is 0 Å². The number of halogens is 1.